The van der Waals surface area contributed by atoms with E-state index < -0.39 is 6.04 Å². The van der Waals surface area contributed by atoms with E-state index in [4.69, 9.17) is 4.74 Å². The average molecular weight is 447 g/mol. The standard InChI is InChI=1S/C24H31FN2O3S/c1-4-5-14-26-24(29)18(2)27(15-19-8-12-22(30-3)13-9-19)23(28)17-31-16-20-6-10-21(25)11-7-20/h6-13,18H,4-5,14-17H2,1-3H3,(H,26,29)/t18-/m0/s1. The van der Waals surface area contributed by atoms with Crippen LogP contribution in [0.2, 0.25) is 0 Å². The molecule has 0 aliphatic heterocycles. The van der Waals surface area contributed by atoms with Crippen molar-refractivity contribution >= 4 is 23.6 Å². The third kappa shape index (κ3) is 8.25. The predicted octanol–water partition coefficient (Wildman–Crippen LogP) is 4.40. The maximum atomic E-state index is 13.1. The Kier molecular flexibility index (Phi) is 10.4. The Morgan fingerprint density at radius 2 is 1.74 bits per heavy atom. The first kappa shape index (κ1) is 24.7. The zero-order valence-corrected chi connectivity index (χ0v) is 19.2. The van der Waals surface area contributed by atoms with Gasteiger partial charge in [-0.1, -0.05) is 37.6 Å². The molecule has 2 amide bonds. The molecular formula is C24H31FN2O3S. The van der Waals surface area contributed by atoms with Crippen molar-refractivity contribution in [2.75, 3.05) is 19.4 Å². The lowest BCUT2D eigenvalue weighted by molar-refractivity contribution is -0.138. The second-order valence-corrected chi connectivity index (χ2v) is 8.30. The molecule has 0 unspecified atom stereocenters. The summed E-state index contributed by atoms with van der Waals surface area (Å²) in [7, 11) is 1.60. The molecule has 0 aromatic heterocycles. The summed E-state index contributed by atoms with van der Waals surface area (Å²) in [4.78, 5) is 27.3. The van der Waals surface area contributed by atoms with E-state index in [1.54, 1.807) is 31.1 Å². The maximum absolute atomic E-state index is 13.1. The van der Waals surface area contributed by atoms with Gasteiger partial charge in [-0.2, -0.15) is 0 Å². The van der Waals surface area contributed by atoms with Crippen molar-refractivity contribution in [2.24, 2.45) is 0 Å². The molecule has 0 aliphatic rings. The summed E-state index contributed by atoms with van der Waals surface area (Å²) in [5.41, 5.74) is 1.87. The van der Waals surface area contributed by atoms with Crippen molar-refractivity contribution in [1.82, 2.24) is 10.2 Å². The van der Waals surface area contributed by atoms with E-state index in [0.29, 0.717) is 18.8 Å². The fraction of sp³-hybridized carbons (Fsp3) is 0.417. The van der Waals surface area contributed by atoms with Gasteiger partial charge in [-0.25, -0.2) is 4.39 Å². The van der Waals surface area contributed by atoms with Crippen molar-refractivity contribution in [3.63, 3.8) is 0 Å². The summed E-state index contributed by atoms with van der Waals surface area (Å²) >= 11 is 1.45. The van der Waals surface area contributed by atoms with E-state index in [2.05, 4.69) is 12.2 Å². The van der Waals surface area contributed by atoms with Gasteiger partial charge in [0.25, 0.3) is 0 Å². The molecule has 0 radical (unpaired) electrons. The Balaban J connectivity index is 2.03. The Hall–Kier alpha value is -2.54. The molecule has 7 heteroatoms. The van der Waals surface area contributed by atoms with Crippen LogP contribution in [0.25, 0.3) is 0 Å². The molecule has 5 nitrogen and oxygen atoms in total. The summed E-state index contributed by atoms with van der Waals surface area (Å²) in [5.74, 6) is 1.03. The molecule has 168 valence electrons. The minimum absolute atomic E-state index is 0.110. The predicted molar refractivity (Wildman–Crippen MR) is 123 cm³/mol. The van der Waals surface area contributed by atoms with E-state index >= 15 is 0 Å². The fourth-order valence-corrected chi connectivity index (χ4v) is 3.84. The first-order valence-corrected chi connectivity index (χ1v) is 11.6. The number of benzene rings is 2. The third-order valence-electron chi connectivity index (χ3n) is 4.92. The molecule has 2 aromatic rings. The van der Waals surface area contributed by atoms with Crippen molar-refractivity contribution in [1.29, 1.82) is 0 Å². The minimum Gasteiger partial charge on any atom is -0.497 e. The van der Waals surface area contributed by atoms with Crippen molar-refractivity contribution < 1.29 is 18.7 Å². The van der Waals surface area contributed by atoms with Crippen LogP contribution in [0.15, 0.2) is 48.5 Å². The number of nitrogens with zero attached hydrogens (tertiary/aromatic N) is 1. The number of hydrogen-bond donors (Lipinski definition) is 1. The van der Waals surface area contributed by atoms with Crippen LogP contribution in [0.4, 0.5) is 4.39 Å². The number of nitrogens with one attached hydrogen (secondary N) is 1. The second kappa shape index (κ2) is 13.0. The highest BCUT2D eigenvalue weighted by atomic mass is 32.2. The molecule has 0 aliphatic carbocycles. The second-order valence-electron chi connectivity index (χ2n) is 7.31. The van der Waals surface area contributed by atoms with Crippen LogP contribution in [-0.4, -0.2) is 42.2 Å². The quantitative estimate of drug-likeness (QED) is 0.491. The molecule has 0 heterocycles. The normalized spacial score (nSPS) is 11.6. The fourth-order valence-electron chi connectivity index (χ4n) is 2.97. The molecule has 1 atom stereocenters. The van der Waals surface area contributed by atoms with Gasteiger partial charge in [0.2, 0.25) is 11.8 Å². The van der Waals surface area contributed by atoms with Gasteiger partial charge >= 0.3 is 0 Å². The monoisotopic (exact) mass is 446 g/mol. The number of thioether (sulfide) groups is 1. The van der Waals surface area contributed by atoms with Gasteiger partial charge in [0.05, 0.1) is 12.9 Å². The van der Waals surface area contributed by atoms with Gasteiger partial charge in [0.15, 0.2) is 0 Å². The zero-order chi connectivity index (χ0) is 22.6. The molecular weight excluding hydrogens is 415 g/mol. The minimum atomic E-state index is -0.585. The van der Waals surface area contributed by atoms with Gasteiger partial charge in [-0.05, 0) is 48.7 Å². The number of hydrogen-bond acceptors (Lipinski definition) is 4. The summed E-state index contributed by atoms with van der Waals surface area (Å²) in [5, 5.41) is 2.91. The van der Waals surface area contributed by atoms with Crippen LogP contribution in [0.1, 0.15) is 37.8 Å². The zero-order valence-electron chi connectivity index (χ0n) is 18.4. The topological polar surface area (TPSA) is 58.6 Å². The van der Waals surface area contributed by atoms with Gasteiger partial charge in [0.1, 0.15) is 17.6 Å². The van der Waals surface area contributed by atoms with E-state index in [1.165, 1.54) is 23.9 Å². The van der Waals surface area contributed by atoms with Crippen LogP contribution in [-0.2, 0) is 21.9 Å². The number of unbranched alkanes of at least 4 members (excludes halogenated alkanes) is 1. The molecule has 0 saturated carbocycles. The Morgan fingerprint density at radius 3 is 2.35 bits per heavy atom. The Morgan fingerprint density at radius 1 is 1.10 bits per heavy atom. The Bertz CT molecular complexity index is 828. The van der Waals surface area contributed by atoms with Crippen LogP contribution >= 0.6 is 11.8 Å². The summed E-state index contributed by atoms with van der Waals surface area (Å²) < 4.78 is 18.3. The molecule has 0 fully saturated rings. The third-order valence-corrected chi connectivity index (χ3v) is 5.90. The van der Waals surface area contributed by atoms with Crippen molar-refractivity contribution in [2.45, 2.75) is 45.0 Å². The number of carbonyl (C=O) groups excluding carboxylic acids is 2. The molecule has 31 heavy (non-hydrogen) atoms. The van der Waals surface area contributed by atoms with Crippen LogP contribution in [0.3, 0.4) is 0 Å². The summed E-state index contributed by atoms with van der Waals surface area (Å²) in [6.07, 6.45) is 1.89. The van der Waals surface area contributed by atoms with Crippen molar-refractivity contribution in [3.8, 4) is 5.75 Å². The highest BCUT2D eigenvalue weighted by Gasteiger charge is 2.25. The Labute approximate surface area is 188 Å². The van der Waals surface area contributed by atoms with E-state index in [1.807, 2.05) is 24.3 Å². The number of halogens is 1. The van der Waals surface area contributed by atoms with Crippen molar-refractivity contribution in [3.05, 3.63) is 65.5 Å². The molecule has 2 rings (SSSR count). The number of methoxy groups -OCH3 is 1. The molecule has 0 spiro atoms. The summed E-state index contributed by atoms with van der Waals surface area (Å²) in [6, 6.07) is 13.1. The van der Waals surface area contributed by atoms with Crippen LogP contribution < -0.4 is 10.1 Å². The van der Waals surface area contributed by atoms with Gasteiger partial charge in [-0.15, -0.1) is 11.8 Å². The molecule has 1 N–H and O–H groups in total. The molecule has 0 bridgehead atoms. The molecule has 0 saturated heterocycles. The smallest absolute Gasteiger partial charge is 0.242 e. The highest BCUT2D eigenvalue weighted by Crippen LogP contribution is 2.18. The number of amides is 2. The van der Waals surface area contributed by atoms with Gasteiger partial charge in [-0.3, -0.25) is 9.59 Å². The first-order chi connectivity index (χ1) is 14.9. The number of ether oxygens (including phenoxy) is 1. The van der Waals surface area contributed by atoms with E-state index in [-0.39, 0.29) is 23.4 Å². The van der Waals surface area contributed by atoms with E-state index in [9.17, 15) is 14.0 Å². The lowest BCUT2D eigenvalue weighted by Crippen LogP contribution is -2.48. The van der Waals surface area contributed by atoms with Gasteiger partial charge in [0, 0.05) is 18.8 Å². The highest BCUT2D eigenvalue weighted by molar-refractivity contribution is 7.99. The lowest BCUT2D eigenvalue weighted by atomic mass is 10.1. The van der Waals surface area contributed by atoms with Crippen LogP contribution in [0, 0.1) is 5.82 Å². The van der Waals surface area contributed by atoms with Crippen LogP contribution in [0.5, 0.6) is 5.75 Å². The SMILES string of the molecule is CCCCNC(=O)[C@H](C)N(Cc1ccc(OC)cc1)C(=O)CSCc1ccc(F)cc1. The lowest BCUT2D eigenvalue weighted by Gasteiger charge is -2.29. The average Bonchev–Trinajstić information content (AvgIpc) is 2.78. The maximum Gasteiger partial charge on any atom is 0.242 e. The molecule has 2 aromatic carbocycles. The van der Waals surface area contributed by atoms with Gasteiger partial charge < -0.3 is 15.0 Å². The van der Waals surface area contributed by atoms with E-state index in [0.717, 1.165) is 29.7 Å². The first-order valence-electron chi connectivity index (χ1n) is 10.5. The summed E-state index contributed by atoms with van der Waals surface area (Å²) in [6.45, 7) is 4.76. The number of rotatable bonds is 12. The number of carbonyl (C=O) groups is 2. The largest absolute Gasteiger partial charge is 0.497 e.